The van der Waals surface area contributed by atoms with Gasteiger partial charge in [0.15, 0.2) is 11.6 Å². The molecule has 0 aliphatic carbocycles. The Kier molecular flexibility index (Phi) is 4.44. The maximum atomic E-state index is 13.7. The van der Waals surface area contributed by atoms with Crippen molar-refractivity contribution in [2.24, 2.45) is 0 Å². The third-order valence-electron chi connectivity index (χ3n) is 4.35. The predicted molar refractivity (Wildman–Crippen MR) is 95.7 cm³/mol. The second-order valence-corrected chi connectivity index (χ2v) is 7.24. The zero-order chi connectivity index (χ0) is 17.2. The molecule has 1 N–H and O–H groups in total. The standard InChI is InChI=1S/C19H17F2N3S/c20-14-6-5-13(11-15(14)21)17-7-10-24(12-19-22-8-9-23-19)16-3-1-2-4-18(16)25-17/h1-6,8-9,11,17H,7,10,12H2,(H,22,23). The van der Waals surface area contributed by atoms with Crippen molar-refractivity contribution in [3.8, 4) is 0 Å². The molecule has 0 amide bonds. The van der Waals surface area contributed by atoms with Crippen molar-refractivity contribution in [2.75, 3.05) is 11.4 Å². The first-order valence-electron chi connectivity index (χ1n) is 8.14. The van der Waals surface area contributed by atoms with Crippen molar-refractivity contribution in [2.45, 2.75) is 23.1 Å². The Hall–Kier alpha value is -2.34. The Labute approximate surface area is 149 Å². The summed E-state index contributed by atoms with van der Waals surface area (Å²) in [5, 5.41) is 0.0813. The van der Waals surface area contributed by atoms with Crippen LogP contribution in [0.5, 0.6) is 0 Å². The maximum Gasteiger partial charge on any atom is 0.159 e. The Morgan fingerprint density at radius 3 is 2.84 bits per heavy atom. The predicted octanol–water partition coefficient (Wildman–Crippen LogP) is 4.93. The van der Waals surface area contributed by atoms with Crippen LogP contribution < -0.4 is 4.90 Å². The van der Waals surface area contributed by atoms with Crippen LogP contribution in [0.2, 0.25) is 0 Å². The van der Waals surface area contributed by atoms with Gasteiger partial charge in [0.25, 0.3) is 0 Å². The number of nitrogens with zero attached hydrogens (tertiary/aromatic N) is 2. The molecule has 6 heteroatoms. The van der Waals surface area contributed by atoms with E-state index in [9.17, 15) is 8.78 Å². The minimum absolute atomic E-state index is 0.0813. The fourth-order valence-electron chi connectivity index (χ4n) is 3.10. The number of halogens is 2. The lowest BCUT2D eigenvalue weighted by atomic mass is 10.1. The minimum Gasteiger partial charge on any atom is -0.363 e. The van der Waals surface area contributed by atoms with Gasteiger partial charge in [0.05, 0.1) is 12.2 Å². The van der Waals surface area contributed by atoms with E-state index in [-0.39, 0.29) is 5.25 Å². The molecule has 3 aromatic rings. The highest BCUT2D eigenvalue weighted by Gasteiger charge is 2.24. The van der Waals surface area contributed by atoms with Crippen LogP contribution in [0.25, 0.3) is 0 Å². The minimum atomic E-state index is -0.804. The summed E-state index contributed by atoms with van der Waals surface area (Å²) in [4.78, 5) is 10.9. The van der Waals surface area contributed by atoms with E-state index in [1.165, 1.54) is 12.1 Å². The van der Waals surface area contributed by atoms with E-state index in [1.54, 1.807) is 24.0 Å². The zero-order valence-corrected chi connectivity index (χ0v) is 14.3. The highest BCUT2D eigenvalue weighted by Crippen LogP contribution is 2.45. The number of hydrogen-bond donors (Lipinski definition) is 1. The van der Waals surface area contributed by atoms with Crippen molar-refractivity contribution in [3.63, 3.8) is 0 Å². The van der Waals surface area contributed by atoms with Gasteiger partial charge in [-0.25, -0.2) is 13.8 Å². The first kappa shape index (κ1) is 16.1. The van der Waals surface area contributed by atoms with Gasteiger partial charge in [-0.15, -0.1) is 11.8 Å². The van der Waals surface area contributed by atoms with E-state index in [2.05, 4.69) is 27.0 Å². The second kappa shape index (κ2) is 6.88. The van der Waals surface area contributed by atoms with Gasteiger partial charge in [-0.2, -0.15) is 0 Å². The number of para-hydroxylation sites is 1. The van der Waals surface area contributed by atoms with Gasteiger partial charge in [-0.05, 0) is 36.2 Å². The third-order valence-corrected chi connectivity index (χ3v) is 5.74. The van der Waals surface area contributed by atoms with Crippen LogP contribution >= 0.6 is 11.8 Å². The van der Waals surface area contributed by atoms with Gasteiger partial charge in [-0.1, -0.05) is 18.2 Å². The van der Waals surface area contributed by atoms with Crippen molar-refractivity contribution in [1.29, 1.82) is 0 Å². The lowest BCUT2D eigenvalue weighted by molar-refractivity contribution is 0.506. The van der Waals surface area contributed by atoms with Crippen LogP contribution in [0.15, 0.2) is 59.8 Å². The molecule has 1 unspecified atom stereocenters. The van der Waals surface area contributed by atoms with Crippen molar-refractivity contribution < 1.29 is 8.78 Å². The molecule has 0 saturated carbocycles. The fourth-order valence-corrected chi connectivity index (χ4v) is 4.39. The number of anilines is 1. The highest BCUT2D eigenvalue weighted by molar-refractivity contribution is 7.99. The van der Waals surface area contributed by atoms with E-state index >= 15 is 0 Å². The molecule has 0 saturated heterocycles. The molecule has 1 aliphatic rings. The van der Waals surface area contributed by atoms with Gasteiger partial charge in [0.2, 0.25) is 0 Å². The summed E-state index contributed by atoms with van der Waals surface area (Å²) in [5.74, 6) is -0.684. The number of benzene rings is 2. The number of rotatable bonds is 3. The largest absolute Gasteiger partial charge is 0.363 e. The van der Waals surface area contributed by atoms with E-state index in [0.29, 0.717) is 6.54 Å². The maximum absolute atomic E-state index is 13.7. The number of aromatic amines is 1. The molecule has 0 bridgehead atoms. The molecule has 4 rings (SSSR count). The molecular formula is C19H17F2N3S. The number of nitrogens with one attached hydrogen (secondary N) is 1. The Balaban J connectivity index is 1.64. The van der Waals surface area contributed by atoms with Gasteiger partial charge >= 0.3 is 0 Å². The molecule has 2 heterocycles. The van der Waals surface area contributed by atoms with E-state index < -0.39 is 11.6 Å². The number of H-pyrrole nitrogens is 1. The molecule has 1 aromatic heterocycles. The first-order chi connectivity index (χ1) is 12.2. The summed E-state index contributed by atoms with van der Waals surface area (Å²) in [5.41, 5.74) is 1.97. The lowest BCUT2D eigenvalue weighted by Crippen LogP contribution is -2.24. The SMILES string of the molecule is Fc1ccc(C2CCN(Cc3ncc[nH]3)c3ccccc3S2)cc1F. The molecule has 3 nitrogen and oxygen atoms in total. The average Bonchev–Trinajstić information content (AvgIpc) is 3.06. The molecule has 0 radical (unpaired) electrons. The fraction of sp³-hybridized carbons (Fsp3) is 0.211. The van der Waals surface area contributed by atoms with Crippen LogP contribution in [0.3, 0.4) is 0 Å². The molecule has 1 atom stereocenters. The van der Waals surface area contributed by atoms with Crippen molar-refractivity contribution >= 4 is 17.4 Å². The second-order valence-electron chi connectivity index (χ2n) is 5.99. The summed E-state index contributed by atoms with van der Waals surface area (Å²) >= 11 is 1.70. The molecule has 128 valence electrons. The van der Waals surface area contributed by atoms with E-state index in [0.717, 1.165) is 34.9 Å². The number of thioether (sulfide) groups is 1. The Bertz CT molecular complexity index is 867. The monoisotopic (exact) mass is 357 g/mol. The van der Waals surface area contributed by atoms with Crippen LogP contribution in [0.4, 0.5) is 14.5 Å². The van der Waals surface area contributed by atoms with Crippen LogP contribution in [-0.2, 0) is 6.54 Å². The summed E-state index contributed by atoms with van der Waals surface area (Å²) in [6.45, 7) is 1.50. The van der Waals surface area contributed by atoms with Crippen LogP contribution in [-0.4, -0.2) is 16.5 Å². The summed E-state index contributed by atoms with van der Waals surface area (Å²) in [6, 6.07) is 12.4. The molecular weight excluding hydrogens is 340 g/mol. The quantitative estimate of drug-likeness (QED) is 0.721. The first-order valence-corrected chi connectivity index (χ1v) is 9.02. The topological polar surface area (TPSA) is 31.9 Å². The summed E-state index contributed by atoms with van der Waals surface area (Å²) < 4.78 is 26.9. The zero-order valence-electron chi connectivity index (χ0n) is 13.5. The summed E-state index contributed by atoms with van der Waals surface area (Å²) in [6.07, 6.45) is 4.40. The smallest absolute Gasteiger partial charge is 0.159 e. The van der Waals surface area contributed by atoms with Gasteiger partial charge in [0.1, 0.15) is 5.82 Å². The number of aromatic nitrogens is 2. The van der Waals surface area contributed by atoms with E-state index in [4.69, 9.17) is 0 Å². The Morgan fingerprint density at radius 2 is 2.04 bits per heavy atom. The molecule has 2 aromatic carbocycles. The summed E-state index contributed by atoms with van der Waals surface area (Å²) in [7, 11) is 0. The van der Waals surface area contributed by atoms with Gasteiger partial charge in [-0.3, -0.25) is 0 Å². The van der Waals surface area contributed by atoms with Crippen molar-refractivity contribution in [1.82, 2.24) is 9.97 Å². The molecule has 0 fully saturated rings. The lowest BCUT2D eigenvalue weighted by Gasteiger charge is -2.23. The average molecular weight is 357 g/mol. The number of imidazole rings is 1. The van der Waals surface area contributed by atoms with Gasteiger partial charge in [0, 0.05) is 29.1 Å². The number of hydrogen-bond acceptors (Lipinski definition) is 3. The van der Waals surface area contributed by atoms with E-state index in [1.807, 2.05) is 18.3 Å². The third kappa shape index (κ3) is 3.39. The molecule has 0 spiro atoms. The highest BCUT2D eigenvalue weighted by atomic mass is 32.2. The normalized spacial score (nSPS) is 17.2. The van der Waals surface area contributed by atoms with Crippen molar-refractivity contribution in [3.05, 3.63) is 77.9 Å². The number of fused-ring (bicyclic) bond motifs is 1. The molecule has 1 aliphatic heterocycles. The Morgan fingerprint density at radius 1 is 1.16 bits per heavy atom. The molecule has 25 heavy (non-hydrogen) atoms. The van der Waals surface area contributed by atoms with Crippen LogP contribution in [0.1, 0.15) is 23.1 Å². The van der Waals surface area contributed by atoms with Crippen LogP contribution in [0, 0.1) is 11.6 Å². The van der Waals surface area contributed by atoms with Gasteiger partial charge < -0.3 is 9.88 Å².